The molecule has 0 unspecified atom stereocenters. The molecule has 3 heteroatoms. The fourth-order valence-corrected chi connectivity index (χ4v) is 1.84. The lowest BCUT2D eigenvalue weighted by Gasteiger charge is -2.11. The molecule has 0 N–H and O–H groups in total. The fraction of sp³-hybridized carbons (Fsp3) is 0.118. The molecule has 0 fully saturated rings. The molecule has 20 heavy (non-hydrogen) atoms. The Kier molecular flexibility index (Phi) is 4.56. The van der Waals surface area contributed by atoms with Gasteiger partial charge in [0.1, 0.15) is 12.0 Å². The zero-order chi connectivity index (χ0) is 14.4. The molecule has 2 aromatic rings. The van der Waals surface area contributed by atoms with Crippen molar-refractivity contribution in [3.8, 4) is 17.2 Å². The molecule has 0 aliphatic heterocycles. The highest BCUT2D eigenvalue weighted by molar-refractivity contribution is 5.75. The van der Waals surface area contributed by atoms with Gasteiger partial charge in [0.05, 0.1) is 7.11 Å². The van der Waals surface area contributed by atoms with Crippen molar-refractivity contribution in [1.29, 1.82) is 0 Å². The zero-order valence-corrected chi connectivity index (χ0v) is 11.5. The molecule has 0 atom stereocenters. The Morgan fingerprint density at radius 2 is 1.85 bits per heavy atom. The summed E-state index contributed by atoms with van der Waals surface area (Å²) in [4.78, 5) is 10.8. The van der Waals surface area contributed by atoms with Crippen molar-refractivity contribution in [2.75, 3.05) is 7.11 Å². The summed E-state index contributed by atoms with van der Waals surface area (Å²) in [6.07, 6.45) is 4.74. The molecule has 2 rings (SSSR count). The topological polar surface area (TPSA) is 35.5 Å². The Morgan fingerprint density at radius 3 is 2.55 bits per heavy atom. The van der Waals surface area contributed by atoms with Crippen LogP contribution in [0.1, 0.15) is 22.8 Å². The summed E-state index contributed by atoms with van der Waals surface area (Å²) < 4.78 is 11.1. The number of rotatable bonds is 5. The maximum atomic E-state index is 10.8. The first-order valence-corrected chi connectivity index (χ1v) is 6.30. The van der Waals surface area contributed by atoms with Crippen LogP contribution in [0.25, 0.3) is 6.08 Å². The fourth-order valence-electron chi connectivity index (χ4n) is 1.84. The van der Waals surface area contributed by atoms with Gasteiger partial charge in [-0.2, -0.15) is 0 Å². The monoisotopic (exact) mass is 268 g/mol. The maximum absolute atomic E-state index is 10.8. The van der Waals surface area contributed by atoms with Gasteiger partial charge in [0, 0.05) is 5.56 Å². The molecular weight excluding hydrogens is 252 g/mol. The van der Waals surface area contributed by atoms with Gasteiger partial charge in [-0.05, 0) is 36.8 Å². The number of hydrogen-bond donors (Lipinski definition) is 0. The van der Waals surface area contributed by atoms with E-state index in [1.807, 2.05) is 37.3 Å². The third kappa shape index (κ3) is 3.26. The van der Waals surface area contributed by atoms with Crippen LogP contribution in [0.2, 0.25) is 0 Å². The number of allylic oxidation sites excluding steroid dienone is 1. The number of ether oxygens (including phenoxy) is 2. The van der Waals surface area contributed by atoms with Crippen LogP contribution in [0.15, 0.2) is 48.5 Å². The molecule has 0 bridgehead atoms. The van der Waals surface area contributed by atoms with Crippen molar-refractivity contribution in [3.63, 3.8) is 0 Å². The molecule has 3 nitrogen and oxygen atoms in total. The van der Waals surface area contributed by atoms with Crippen molar-refractivity contribution >= 4 is 12.4 Å². The molecule has 0 aliphatic rings. The Balaban J connectivity index is 2.30. The molecule has 0 saturated heterocycles. The molecule has 0 aromatic heterocycles. The summed E-state index contributed by atoms with van der Waals surface area (Å²) in [6, 6.07) is 12.7. The summed E-state index contributed by atoms with van der Waals surface area (Å²) in [6.45, 7) is 1.96. The van der Waals surface area contributed by atoms with E-state index in [1.54, 1.807) is 31.4 Å². The van der Waals surface area contributed by atoms with Gasteiger partial charge in [-0.1, -0.05) is 30.4 Å². The first-order chi connectivity index (χ1) is 9.76. The van der Waals surface area contributed by atoms with Crippen LogP contribution in [-0.4, -0.2) is 13.4 Å². The predicted octanol–water partition coefficient (Wildman–Crippen LogP) is 4.33. The molecule has 0 spiro atoms. The highest BCUT2D eigenvalue weighted by Gasteiger charge is 2.06. The molecule has 0 saturated carbocycles. The molecule has 0 radical (unpaired) electrons. The number of methoxy groups -OCH3 is 1. The predicted molar refractivity (Wildman–Crippen MR) is 79.6 cm³/mol. The average Bonchev–Trinajstić information content (AvgIpc) is 2.49. The normalized spacial score (nSPS) is 10.5. The molecule has 2 aromatic carbocycles. The first-order valence-electron chi connectivity index (χ1n) is 6.30. The SMILES string of the molecule is C/C=C\c1ccc(Oc2cccc(C=O)c2)c(OC)c1. The second-order valence-corrected chi connectivity index (χ2v) is 4.20. The molecule has 0 amide bonds. The molecule has 0 aliphatic carbocycles. The Morgan fingerprint density at radius 1 is 1.00 bits per heavy atom. The van der Waals surface area contributed by atoms with Gasteiger partial charge in [-0.15, -0.1) is 0 Å². The second kappa shape index (κ2) is 6.57. The second-order valence-electron chi connectivity index (χ2n) is 4.20. The summed E-state index contributed by atoms with van der Waals surface area (Å²) in [5, 5.41) is 0. The van der Waals surface area contributed by atoms with Gasteiger partial charge in [0.15, 0.2) is 11.5 Å². The van der Waals surface area contributed by atoms with Crippen LogP contribution >= 0.6 is 0 Å². The van der Waals surface area contributed by atoms with Crippen molar-refractivity contribution in [2.24, 2.45) is 0 Å². The number of benzene rings is 2. The van der Waals surface area contributed by atoms with E-state index in [0.29, 0.717) is 22.8 Å². The minimum Gasteiger partial charge on any atom is -0.493 e. The highest BCUT2D eigenvalue weighted by Crippen LogP contribution is 2.32. The van der Waals surface area contributed by atoms with Crippen molar-refractivity contribution < 1.29 is 14.3 Å². The van der Waals surface area contributed by atoms with Crippen LogP contribution in [0.5, 0.6) is 17.2 Å². The van der Waals surface area contributed by atoms with Gasteiger partial charge >= 0.3 is 0 Å². The van der Waals surface area contributed by atoms with Crippen molar-refractivity contribution in [1.82, 2.24) is 0 Å². The van der Waals surface area contributed by atoms with Gasteiger partial charge < -0.3 is 9.47 Å². The summed E-state index contributed by atoms with van der Waals surface area (Å²) in [7, 11) is 1.60. The van der Waals surface area contributed by atoms with Crippen LogP contribution in [0.3, 0.4) is 0 Å². The lowest BCUT2D eigenvalue weighted by atomic mass is 10.2. The van der Waals surface area contributed by atoms with Gasteiger partial charge in [-0.25, -0.2) is 0 Å². The number of hydrogen-bond acceptors (Lipinski definition) is 3. The Bertz CT molecular complexity index is 630. The zero-order valence-electron chi connectivity index (χ0n) is 11.5. The lowest BCUT2D eigenvalue weighted by molar-refractivity contribution is 0.112. The summed E-state index contributed by atoms with van der Waals surface area (Å²) >= 11 is 0. The van der Waals surface area contributed by atoms with Crippen molar-refractivity contribution in [2.45, 2.75) is 6.92 Å². The number of carbonyl (C=O) groups is 1. The van der Waals surface area contributed by atoms with E-state index in [1.165, 1.54) is 0 Å². The first kappa shape index (κ1) is 13.9. The van der Waals surface area contributed by atoms with Crippen molar-refractivity contribution in [3.05, 3.63) is 59.7 Å². The quantitative estimate of drug-likeness (QED) is 0.757. The molecule has 102 valence electrons. The smallest absolute Gasteiger partial charge is 0.169 e. The number of carbonyl (C=O) groups excluding carboxylic acids is 1. The minimum atomic E-state index is 0.576. The van der Waals surface area contributed by atoms with Gasteiger partial charge in [0.2, 0.25) is 0 Å². The van der Waals surface area contributed by atoms with E-state index in [4.69, 9.17) is 9.47 Å². The van der Waals surface area contributed by atoms with E-state index in [0.717, 1.165) is 11.8 Å². The highest BCUT2D eigenvalue weighted by atomic mass is 16.5. The van der Waals surface area contributed by atoms with E-state index in [-0.39, 0.29) is 0 Å². The Labute approximate surface area is 118 Å². The Hall–Kier alpha value is -2.55. The average molecular weight is 268 g/mol. The largest absolute Gasteiger partial charge is 0.493 e. The lowest BCUT2D eigenvalue weighted by Crippen LogP contribution is -1.91. The van der Waals surface area contributed by atoms with E-state index in [2.05, 4.69) is 0 Å². The van der Waals surface area contributed by atoms with E-state index < -0.39 is 0 Å². The number of aldehydes is 1. The van der Waals surface area contributed by atoms with Gasteiger partial charge in [0.25, 0.3) is 0 Å². The third-order valence-corrected chi connectivity index (χ3v) is 2.77. The van der Waals surface area contributed by atoms with Crippen LogP contribution in [0, 0.1) is 0 Å². The van der Waals surface area contributed by atoms with Crippen LogP contribution in [-0.2, 0) is 0 Å². The summed E-state index contributed by atoms with van der Waals surface area (Å²) in [5.74, 6) is 1.87. The minimum absolute atomic E-state index is 0.576. The third-order valence-electron chi connectivity index (χ3n) is 2.77. The van der Waals surface area contributed by atoms with Gasteiger partial charge in [-0.3, -0.25) is 4.79 Å². The van der Waals surface area contributed by atoms with Crippen LogP contribution in [0.4, 0.5) is 0 Å². The maximum Gasteiger partial charge on any atom is 0.169 e. The molecular formula is C17H16O3. The standard InChI is InChI=1S/C17H16O3/c1-3-5-13-8-9-16(17(11-13)19-2)20-15-7-4-6-14(10-15)12-18/h3-12H,1-2H3/b5-3-. The van der Waals surface area contributed by atoms with E-state index >= 15 is 0 Å². The summed E-state index contributed by atoms with van der Waals surface area (Å²) in [5.41, 5.74) is 1.62. The van der Waals surface area contributed by atoms with Crippen LogP contribution < -0.4 is 9.47 Å². The van der Waals surface area contributed by atoms with E-state index in [9.17, 15) is 4.79 Å². The molecule has 0 heterocycles.